The molecule has 1 fully saturated rings. The zero-order chi connectivity index (χ0) is 9.68. The van der Waals surface area contributed by atoms with Gasteiger partial charge in [-0.25, -0.2) is 0 Å². The fourth-order valence-electron chi connectivity index (χ4n) is 1.46. The molecule has 0 aromatic rings. The molecule has 1 amide bonds. The second kappa shape index (κ2) is 6.39. The average molecular weight is 408 g/mol. The fraction of sp³-hybridized carbons (Fsp3) is 0.875. The van der Waals surface area contributed by atoms with E-state index in [1.165, 1.54) is 0 Å². The van der Waals surface area contributed by atoms with Crippen molar-refractivity contribution in [1.82, 2.24) is 10.2 Å². The van der Waals surface area contributed by atoms with Crippen molar-refractivity contribution < 1.29 is 4.79 Å². The van der Waals surface area contributed by atoms with Gasteiger partial charge in [-0.05, 0) is 12.8 Å². The summed E-state index contributed by atoms with van der Waals surface area (Å²) in [5.74, 6) is 0.175. The number of piperidine rings is 1. The number of hydrogen-bond acceptors (Lipinski definition) is 2. The van der Waals surface area contributed by atoms with Gasteiger partial charge in [-0.2, -0.15) is 0 Å². The maximum Gasteiger partial charge on any atom is 0.230 e. The van der Waals surface area contributed by atoms with Gasteiger partial charge in [0.2, 0.25) is 5.91 Å². The Bertz CT molecular complexity index is 170. The maximum absolute atomic E-state index is 11.1. The largest absolute Gasteiger partial charge is 0.353 e. The summed E-state index contributed by atoms with van der Waals surface area (Å²) in [5, 5.41) is 3.04. The average Bonchev–Trinajstić information content (AvgIpc) is 2.19. The smallest absolute Gasteiger partial charge is 0.230 e. The Kier molecular flexibility index (Phi) is 5.88. The van der Waals surface area contributed by atoms with Crippen LogP contribution < -0.4 is 5.32 Å². The molecule has 1 aliphatic rings. The lowest BCUT2D eigenvalue weighted by atomic mass is 10.1. The van der Waals surface area contributed by atoms with Crippen LogP contribution in [0.15, 0.2) is 0 Å². The first-order valence-electron chi connectivity index (χ1n) is 4.40. The fourth-order valence-corrected chi connectivity index (χ4v) is 2.37. The van der Waals surface area contributed by atoms with Crippen molar-refractivity contribution in [3.8, 4) is 0 Å². The molecule has 0 aromatic carbocycles. The van der Waals surface area contributed by atoms with E-state index in [-0.39, 0.29) is 5.91 Å². The highest BCUT2D eigenvalue weighted by atomic mass is 127. The molecule has 0 spiro atoms. The summed E-state index contributed by atoms with van der Waals surface area (Å²) in [6.45, 7) is 2.24. The van der Waals surface area contributed by atoms with Crippen molar-refractivity contribution in [1.29, 1.82) is 0 Å². The molecule has 76 valence electrons. The predicted octanol–water partition coefficient (Wildman–Crippen LogP) is 1.39. The zero-order valence-electron chi connectivity index (χ0n) is 7.43. The molecule has 1 aliphatic heterocycles. The van der Waals surface area contributed by atoms with Crippen molar-refractivity contribution in [3.05, 3.63) is 0 Å². The molecule has 1 rings (SSSR count). The molecule has 5 heteroatoms. The lowest BCUT2D eigenvalue weighted by molar-refractivity contribution is -0.119. The lowest BCUT2D eigenvalue weighted by Gasteiger charge is -2.30. The summed E-state index contributed by atoms with van der Waals surface area (Å²) < 4.78 is 1.68. The van der Waals surface area contributed by atoms with E-state index in [0.717, 1.165) is 30.5 Å². The van der Waals surface area contributed by atoms with Crippen LogP contribution in [0, 0.1) is 0 Å². The molecule has 1 saturated heterocycles. The Morgan fingerprint density at radius 3 is 2.46 bits per heavy atom. The van der Waals surface area contributed by atoms with Gasteiger partial charge in [0, 0.05) is 19.1 Å². The maximum atomic E-state index is 11.1. The van der Waals surface area contributed by atoms with E-state index in [1.807, 2.05) is 0 Å². The molecule has 0 aliphatic carbocycles. The van der Waals surface area contributed by atoms with Crippen molar-refractivity contribution in [2.75, 3.05) is 22.1 Å². The van der Waals surface area contributed by atoms with Gasteiger partial charge in [0.1, 0.15) is 0 Å². The molecule has 1 N–H and O–H groups in total. The van der Waals surface area contributed by atoms with Gasteiger partial charge in [0.15, 0.2) is 0 Å². The summed E-state index contributed by atoms with van der Waals surface area (Å²) in [5.41, 5.74) is 0. The van der Waals surface area contributed by atoms with Crippen LogP contribution in [0.25, 0.3) is 0 Å². The normalized spacial score (nSPS) is 20.2. The molecule has 0 unspecified atom stereocenters. The van der Waals surface area contributed by atoms with E-state index < -0.39 is 0 Å². The Morgan fingerprint density at radius 1 is 1.38 bits per heavy atom. The van der Waals surface area contributed by atoms with Gasteiger partial charge in [0.25, 0.3) is 0 Å². The monoisotopic (exact) mass is 408 g/mol. The van der Waals surface area contributed by atoms with E-state index in [4.69, 9.17) is 0 Å². The van der Waals surface area contributed by atoms with Crippen LogP contribution >= 0.6 is 45.2 Å². The Balaban J connectivity index is 2.21. The number of hydrogen-bond donors (Lipinski definition) is 1. The zero-order valence-corrected chi connectivity index (χ0v) is 11.7. The summed E-state index contributed by atoms with van der Waals surface area (Å²) in [7, 11) is 0. The number of amides is 1. The molecule has 13 heavy (non-hydrogen) atoms. The second-order valence-electron chi connectivity index (χ2n) is 3.21. The third-order valence-electron chi connectivity index (χ3n) is 2.24. The number of carbonyl (C=O) groups is 1. The van der Waals surface area contributed by atoms with Crippen LogP contribution in [0.5, 0.6) is 0 Å². The number of alkyl halides is 2. The van der Waals surface area contributed by atoms with Crippen LogP contribution in [-0.4, -0.2) is 38.9 Å². The summed E-state index contributed by atoms with van der Waals surface area (Å²) in [6, 6.07) is 0.418. The van der Waals surface area contributed by atoms with Crippen molar-refractivity contribution in [2.24, 2.45) is 0 Å². The molecular formula is C8H14I2N2O. The number of likely N-dealkylation sites (tertiary alicyclic amines) is 1. The van der Waals surface area contributed by atoms with Gasteiger partial charge in [-0.15, -0.1) is 0 Å². The molecule has 1 heterocycles. The Hall–Kier alpha value is 0.890. The molecule has 0 radical (unpaired) electrons. The third-order valence-corrected chi connectivity index (χ3v) is 3.90. The van der Waals surface area contributed by atoms with Crippen molar-refractivity contribution in [3.63, 3.8) is 0 Å². The lowest BCUT2D eigenvalue weighted by Crippen LogP contribution is -2.44. The summed E-state index contributed by atoms with van der Waals surface area (Å²) in [6.07, 6.45) is 2.21. The highest BCUT2D eigenvalue weighted by Crippen LogP contribution is 2.11. The minimum absolute atomic E-state index is 0.175. The van der Waals surface area contributed by atoms with Crippen LogP contribution in [-0.2, 0) is 4.79 Å². The summed E-state index contributed by atoms with van der Waals surface area (Å²) >= 11 is 4.48. The first-order chi connectivity index (χ1) is 6.26. The van der Waals surface area contributed by atoms with Crippen molar-refractivity contribution in [2.45, 2.75) is 18.9 Å². The number of halogens is 2. The standard InChI is InChI=1S/C8H14I2N2O/c9-5-8(13)11-7-1-3-12(6-10)4-2-7/h7H,1-6H2,(H,11,13). The highest BCUT2D eigenvalue weighted by molar-refractivity contribution is 14.1. The van der Waals surface area contributed by atoms with Gasteiger partial charge < -0.3 is 5.32 Å². The second-order valence-corrected chi connectivity index (χ2v) is 4.66. The summed E-state index contributed by atoms with van der Waals surface area (Å²) in [4.78, 5) is 13.5. The van der Waals surface area contributed by atoms with E-state index in [9.17, 15) is 4.79 Å². The van der Waals surface area contributed by atoms with E-state index in [2.05, 4.69) is 55.4 Å². The molecule has 0 saturated carbocycles. The highest BCUT2D eigenvalue weighted by Gasteiger charge is 2.18. The first-order valence-corrected chi connectivity index (χ1v) is 7.45. The van der Waals surface area contributed by atoms with E-state index >= 15 is 0 Å². The third kappa shape index (κ3) is 4.28. The SMILES string of the molecule is O=C(CI)NC1CCN(CI)CC1. The minimum atomic E-state index is 0.175. The minimum Gasteiger partial charge on any atom is -0.353 e. The number of nitrogens with zero attached hydrogens (tertiary/aromatic N) is 1. The van der Waals surface area contributed by atoms with Gasteiger partial charge >= 0.3 is 0 Å². The van der Waals surface area contributed by atoms with Crippen LogP contribution in [0.3, 0.4) is 0 Å². The van der Waals surface area contributed by atoms with Crippen LogP contribution in [0.4, 0.5) is 0 Å². The molecule has 0 aromatic heterocycles. The topological polar surface area (TPSA) is 32.3 Å². The van der Waals surface area contributed by atoms with Gasteiger partial charge in [0.05, 0.1) is 8.98 Å². The van der Waals surface area contributed by atoms with Gasteiger partial charge in [-0.3, -0.25) is 9.69 Å². The molecule has 0 atom stereocenters. The number of carbonyl (C=O) groups excluding carboxylic acids is 1. The van der Waals surface area contributed by atoms with Crippen molar-refractivity contribution >= 4 is 51.1 Å². The molecule has 0 bridgehead atoms. The Labute approximate surface area is 106 Å². The van der Waals surface area contributed by atoms with Crippen LogP contribution in [0.1, 0.15) is 12.8 Å². The molecular weight excluding hydrogens is 394 g/mol. The first kappa shape index (κ1) is 12.0. The Morgan fingerprint density at radius 2 is 2.00 bits per heavy atom. The molecule has 3 nitrogen and oxygen atoms in total. The number of rotatable bonds is 3. The van der Waals surface area contributed by atoms with Gasteiger partial charge in [-0.1, -0.05) is 45.2 Å². The van der Waals surface area contributed by atoms with E-state index in [0.29, 0.717) is 10.5 Å². The van der Waals surface area contributed by atoms with Crippen LogP contribution in [0.2, 0.25) is 0 Å². The number of nitrogens with one attached hydrogen (secondary N) is 1. The quantitative estimate of drug-likeness (QED) is 0.435. The predicted molar refractivity (Wildman–Crippen MR) is 70.5 cm³/mol. The van der Waals surface area contributed by atoms with E-state index in [1.54, 1.807) is 0 Å².